The molecule has 0 bridgehead atoms. The van der Waals surface area contributed by atoms with Crippen LogP contribution in [0.25, 0.3) is 0 Å². The first kappa shape index (κ1) is 19.4. The number of nitrogens with one attached hydrogen (secondary N) is 2. The maximum Gasteiger partial charge on any atom is 0.255 e. The molecule has 0 heterocycles. The zero-order chi connectivity index (χ0) is 17.9. The number of halogens is 1. The SMILES string of the molecule is COCCOCCNCc1cccc(NC(=O)c2ccc(Cl)cc2)c1. The lowest BCUT2D eigenvalue weighted by Crippen LogP contribution is -2.20. The largest absolute Gasteiger partial charge is 0.382 e. The number of benzene rings is 2. The van der Waals surface area contributed by atoms with E-state index in [2.05, 4.69) is 10.6 Å². The fourth-order valence-electron chi connectivity index (χ4n) is 2.18. The second kappa shape index (κ2) is 10.8. The molecule has 25 heavy (non-hydrogen) atoms. The van der Waals surface area contributed by atoms with E-state index in [9.17, 15) is 4.79 Å². The van der Waals surface area contributed by atoms with Crippen molar-refractivity contribution in [3.63, 3.8) is 0 Å². The van der Waals surface area contributed by atoms with Gasteiger partial charge in [0.05, 0.1) is 19.8 Å². The van der Waals surface area contributed by atoms with E-state index in [1.54, 1.807) is 31.4 Å². The van der Waals surface area contributed by atoms with Crippen molar-refractivity contribution in [1.82, 2.24) is 5.32 Å². The number of hydrogen-bond acceptors (Lipinski definition) is 4. The molecule has 0 spiro atoms. The molecule has 0 radical (unpaired) electrons. The van der Waals surface area contributed by atoms with E-state index < -0.39 is 0 Å². The van der Waals surface area contributed by atoms with Gasteiger partial charge in [-0.1, -0.05) is 23.7 Å². The van der Waals surface area contributed by atoms with Gasteiger partial charge < -0.3 is 20.1 Å². The standard InChI is InChI=1S/C19H23ClN2O3/c1-24-11-12-25-10-9-21-14-15-3-2-4-18(13-15)22-19(23)16-5-7-17(20)8-6-16/h2-8,13,21H,9-12,14H2,1H3,(H,22,23). The average molecular weight is 363 g/mol. The van der Waals surface area contributed by atoms with Crippen LogP contribution in [0.1, 0.15) is 15.9 Å². The molecule has 2 aromatic rings. The Labute approximate surface area is 153 Å². The predicted molar refractivity (Wildman–Crippen MR) is 100 cm³/mol. The summed E-state index contributed by atoms with van der Waals surface area (Å²) in [4.78, 5) is 12.2. The summed E-state index contributed by atoms with van der Waals surface area (Å²) in [6, 6.07) is 14.6. The van der Waals surface area contributed by atoms with Gasteiger partial charge in [-0.3, -0.25) is 4.79 Å². The smallest absolute Gasteiger partial charge is 0.255 e. The van der Waals surface area contributed by atoms with Gasteiger partial charge in [0, 0.05) is 36.5 Å². The van der Waals surface area contributed by atoms with Crippen LogP contribution in [0.2, 0.25) is 5.02 Å². The molecule has 0 fully saturated rings. The van der Waals surface area contributed by atoms with Crippen molar-refractivity contribution in [2.75, 3.05) is 38.8 Å². The summed E-state index contributed by atoms with van der Waals surface area (Å²) in [5.41, 5.74) is 2.42. The summed E-state index contributed by atoms with van der Waals surface area (Å²) in [6.07, 6.45) is 0. The van der Waals surface area contributed by atoms with Crippen LogP contribution in [0.4, 0.5) is 5.69 Å². The van der Waals surface area contributed by atoms with E-state index in [0.29, 0.717) is 37.0 Å². The van der Waals surface area contributed by atoms with Gasteiger partial charge in [-0.15, -0.1) is 0 Å². The van der Waals surface area contributed by atoms with Crippen molar-refractivity contribution in [3.8, 4) is 0 Å². The molecule has 134 valence electrons. The Balaban J connectivity index is 1.78. The fourth-order valence-corrected chi connectivity index (χ4v) is 2.31. The molecule has 0 atom stereocenters. The van der Waals surface area contributed by atoms with Gasteiger partial charge in [-0.2, -0.15) is 0 Å². The van der Waals surface area contributed by atoms with Crippen molar-refractivity contribution >= 4 is 23.2 Å². The monoisotopic (exact) mass is 362 g/mol. The van der Waals surface area contributed by atoms with Crippen molar-refractivity contribution < 1.29 is 14.3 Å². The third-order valence-corrected chi connectivity index (χ3v) is 3.73. The minimum absolute atomic E-state index is 0.159. The van der Waals surface area contributed by atoms with Crippen LogP contribution in [0.5, 0.6) is 0 Å². The number of hydrogen-bond donors (Lipinski definition) is 2. The Hall–Kier alpha value is -1.92. The first-order valence-electron chi connectivity index (χ1n) is 8.12. The highest BCUT2D eigenvalue weighted by atomic mass is 35.5. The van der Waals surface area contributed by atoms with Gasteiger partial charge in [-0.05, 0) is 42.0 Å². The first-order valence-corrected chi connectivity index (χ1v) is 8.50. The Morgan fingerprint density at radius 1 is 1.08 bits per heavy atom. The minimum atomic E-state index is -0.159. The molecule has 0 unspecified atom stereocenters. The fraction of sp³-hybridized carbons (Fsp3) is 0.316. The second-order valence-corrected chi connectivity index (χ2v) is 5.88. The molecule has 6 heteroatoms. The lowest BCUT2D eigenvalue weighted by atomic mass is 10.1. The number of methoxy groups -OCH3 is 1. The number of carbonyl (C=O) groups is 1. The maximum absolute atomic E-state index is 12.2. The second-order valence-electron chi connectivity index (χ2n) is 5.44. The van der Waals surface area contributed by atoms with Crippen LogP contribution in [-0.4, -0.2) is 39.4 Å². The Morgan fingerprint density at radius 2 is 1.88 bits per heavy atom. The van der Waals surface area contributed by atoms with Gasteiger partial charge in [-0.25, -0.2) is 0 Å². The lowest BCUT2D eigenvalue weighted by Gasteiger charge is -2.09. The zero-order valence-corrected chi connectivity index (χ0v) is 15.0. The van der Waals surface area contributed by atoms with E-state index in [0.717, 1.165) is 17.8 Å². The molecule has 1 amide bonds. The molecular weight excluding hydrogens is 340 g/mol. The summed E-state index contributed by atoms with van der Waals surface area (Å²) in [6.45, 7) is 3.31. The average Bonchev–Trinajstić information content (AvgIpc) is 2.62. The van der Waals surface area contributed by atoms with Gasteiger partial charge in [0.1, 0.15) is 0 Å². The predicted octanol–water partition coefficient (Wildman–Crippen LogP) is 3.34. The Bertz CT molecular complexity index is 662. The Kier molecular flexibility index (Phi) is 8.42. The summed E-state index contributed by atoms with van der Waals surface area (Å²) in [5, 5.41) is 6.81. The van der Waals surface area contributed by atoms with Gasteiger partial charge in [0.2, 0.25) is 0 Å². The maximum atomic E-state index is 12.2. The van der Waals surface area contributed by atoms with E-state index >= 15 is 0 Å². The van der Waals surface area contributed by atoms with Crippen molar-refractivity contribution in [2.45, 2.75) is 6.54 Å². The molecule has 0 aliphatic rings. The first-order chi connectivity index (χ1) is 12.2. The van der Waals surface area contributed by atoms with Gasteiger partial charge in [0.15, 0.2) is 0 Å². The van der Waals surface area contributed by atoms with Crippen LogP contribution in [0, 0.1) is 0 Å². The molecule has 0 aliphatic carbocycles. The van der Waals surface area contributed by atoms with Crippen molar-refractivity contribution in [3.05, 3.63) is 64.7 Å². The minimum Gasteiger partial charge on any atom is -0.382 e. The summed E-state index contributed by atoms with van der Waals surface area (Å²) >= 11 is 5.84. The van der Waals surface area contributed by atoms with E-state index in [1.807, 2.05) is 24.3 Å². The number of anilines is 1. The number of rotatable bonds is 10. The van der Waals surface area contributed by atoms with E-state index in [1.165, 1.54) is 0 Å². The summed E-state index contributed by atoms with van der Waals surface area (Å²) in [5.74, 6) is -0.159. The zero-order valence-electron chi connectivity index (χ0n) is 14.3. The highest BCUT2D eigenvalue weighted by Crippen LogP contribution is 2.14. The van der Waals surface area contributed by atoms with E-state index in [-0.39, 0.29) is 5.91 Å². The molecule has 2 N–H and O–H groups in total. The third kappa shape index (κ3) is 7.23. The number of carbonyl (C=O) groups excluding carboxylic acids is 1. The molecule has 0 saturated heterocycles. The van der Waals surface area contributed by atoms with Crippen LogP contribution < -0.4 is 10.6 Å². The molecule has 5 nitrogen and oxygen atoms in total. The molecule has 0 aromatic heterocycles. The Morgan fingerprint density at radius 3 is 2.64 bits per heavy atom. The molecular formula is C19H23ClN2O3. The highest BCUT2D eigenvalue weighted by Gasteiger charge is 2.06. The molecule has 2 aromatic carbocycles. The van der Waals surface area contributed by atoms with Crippen LogP contribution in [0.15, 0.2) is 48.5 Å². The molecule has 0 saturated carbocycles. The summed E-state index contributed by atoms with van der Waals surface area (Å²) < 4.78 is 10.3. The van der Waals surface area contributed by atoms with Gasteiger partial charge >= 0.3 is 0 Å². The molecule has 2 rings (SSSR count). The lowest BCUT2D eigenvalue weighted by molar-refractivity contribution is 0.0719. The number of ether oxygens (including phenoxy) is 2. The molecule has 0 aliphatic heterocycles. The normalized spacial score (nSPS) is 10.6. The van der Waals surface area contributed by atoms with E-state index in [4.69, 9.17) is 21.1 Å². The van der Waals surface area contributed by atoms with Crippen LogP contribution >= 0.6 is 11.6 Å². The van der Waals surface area contributed by atoms with Crippen LogP contribution in [-0.2, 0) is 16.0 Å². The van der Waals surface area contributed by atoms with Gasteiger partial charge in [0.25, 0.3) is 5.91 Å². The third-order valence-electron chi connectivity index (χ3n) is 3.48. The van der Waals surface area contributed by atoms with Crippen molar-refractivity contribution in [2.24, 2.45) is 0 Å². The number of amides is 1. The quantitative estimate of drug-likeness (QED) is 0.636. The highest BCUT2D eigenvalue weighted by molar-refractivity contribution is 6.30. The topological polar surface area (TPSA) is 59.6 Å². The summed E-state index contributed by atoms with van der Waals surface area (Å²) in [7, 11) is 1.65. The van der Waals surface area contributed by atoms with Crippen LogP contribution in [0.3, 0.4) is 0 Å². The van der Waals surface area contributed by atoms with Crippen molar-refractivity contribution in [1.29, 1.82) is 0 Å².